The van der Waals surface area contributed by atoms with Gasteiger partial charge in [0.25, 0.3) is 0 Å². The summed E-state index contributed by atoms with van der Waals surface area (Å²) in [5.41, 5.74) is 1.46. The molecule has 8 heteroatoms. The van der Waals surface area contributed by atoms with Crippen LogP contribution in [0.25, 0.3) is 11.4 Å². The minimum atomic E-state index is -4.39. The number of ether oxygens (including phenoxy) is 1. The summed E-state index contributed by atoms with van der Waals surface area (Å²) in [5.74, 6) is 0.639. The minimum Gasteiger partial charge on any atom is -0.484 e. The number of rotatable bonds is 6. The van der Waals surface area contributed by atoms with Crippen LogP contribution in [0, 0.1) is 0 Å². The molecule has 0 aliphatic heterocycles. The number of nitrogens with one attached hydrogen (secondary N) is 1. The Hall–Kier alpha value is -3.42. The zero-order valence-electron chi connectivity index (χ0n) is 14.6. The number of nitrogens with zero attached hydrogens (tertiary/aromatic N) is 2. The van der Waals surface area contributed by atoms with Crippen molar-refractivity contribution in [1.29, 1.82) is 0 Å². The topological polar surface area (TPSA) is 64.1 Å². The van der Waals surface area contributed by atoms with Gasteiger partial charge in [-0.25, -0.2) is 9.97 Å². The lowest BCUT2D eigenvalue weighted by molar-refractivity contribution is -0.153. The number of hydrogen-bond donors (Lipinski definition) is 1. The van der Waals surface area contributed by atoms with Crippen LogP contribution in [0.2, 0.25) is 0 Å². The van der Waals surface area contributed by atoms with E-state index in [-0.39, 0.29) is 18.1 Å². The number of benzene rings is 2. The molecular weight excluding hydrogens is 371 g/mol. The third-order valence-electron chi connectivity index (χ3n) is 3.65. The van der Waals surface area contributed by atoms with Crippen molar-refractivity contribution in [3.8, 4) is 17.1 Å². The number of hydrogen-bond acceptors (Lipinski definition) is 4. The molecule has 3 aromatic rings. The SMILES string of the molecule is O=C(Cc1ccc(OCC(F)(F)F)cc1)Nc1ccnc(-c2ccccc2)n1. The summed E-state index contributed by atoms with van der Waals surface area (Å²) >= 11 is 0. The second kappa shape index (κ2) is 8.51. The van der Waals surface area contributed by atoms with E-state index in [9.17, 15) is 18.0 Å². The van der Waals surface area contributed by atoms with Gasteiger partial charge in [0, 0.05) is 11.8 Å². The fourth-order valence-electron chi connectivity index (χ4n) is 2.40. The van der Waals surface area contributed by atoms with E-state index in [0.717, 1.165) is 5.56 Å². The average molecular weight is 387 g/mol. The van der Waals surface area contributed by atoms with Crippen molar-refractivity contribution in [3.63, 3.8) is 0 Å². The fraction of sp³-hybridized carbons (Fsp3) is 0.150. The molecule has 2 aromatic carbocycles. The third-order valence-corrected chi connectivity index (χ3v) is 3.65. The number of carbonyl (C=O) groups is 1. The van der Waals surface area contributed by atoms with Crippen molar-refractivity contribution in [2.24, 2.45) is 0 Å². The smallest absolute Gasteiger partial charge is 0.422 e. The van der Waals surface area contributed by atoms with E-state index in [0.29, 0.717) is 17.2 Å². The molecule has 0 fully saturated rings. The van der Waals surface area contributed by atoms with Gasteiger partial charge in [0.1, 0.15) is 11.6 Å². The minimum absolute atomic E-state index is 0.0459. The van der Waals surface area contributed by atoms with E-state index in [4.69, 9.17) is 0 Å². The van der Waals surface area contributed by atoms with Gasteiger partial charge in [-0.15, -0.1) is 0 Å². The van der Waals surface area contributed by atoms with Crippen molar-refractivity contribution < 1.29 is 22.7 Å². The Labute approximate surface area is 159 Å². The Morgan fingerprint density at radius 1 is 1.00 bits per heavy atom. The summed E-state index contributed by atoms with van der Waals surface area (Å²) in [6, 6.07) is 16.8. The first-order chi connectivity index (χ1) is 13.4. The molecule has 0 bridgehead atoms. The van der Waals surface area contributed by atoms with Crippen molar-refractivity contribution in [3.05, 3.63) is 72.4 Å². The van der Waals surface area contributed by atoms with Crippen LogP contribution in [0.3, 0.4) is 0 Å². The van der Waals surface area contributed by atoms with Gasteiger partial charge in [0.15, 0.2) is 12.4 Å². The van der Waals surface area contributed by atoms with E-state index >= 15 is 0 Å². The molecule has 0 saturated carbocycles. The van der Waals surface area contributed by atoms with Gasteiger partial charge in [-0.1, -0.05) is 42.5 Å². The Morgan fingerprint density at radius 2 is 1.71 bits per heavy atom. The van der Waals surface area contributed by atoms with E-state index in [1.54, 1.807) is 24.4 Å². The molecule has 0 aliphatic rings. The largest absolute Gasteiger partial charge is 0.484 e. The lowest BCUT2D eigenvalue weighted by atomic mass is 10.1. The molecule has 0 radical (unpaired) electrons. The number of carbonyl (C=O) groups excluding carboxylic acids is 1. The fourth-order valence-corrected chi connectivity index (χ4v) is 2.40. The number of alkyl halides is 3. The molecule has 1 N–H and O–H groups in total. The van der Waals surface area contributed by atoms with Crippen LogP contribution in [-0.2, 0) is 11.2 Å². The summed E-state index contributed by atoms with van der Waals surface area (Å²) in [6.07, 6.45) is -2.79. The molecule has 1 amide bonds. The summed E-state index contributed by atoms with van der Waals surface area (Å²) < 4.78 is 41.1. The average Bonchev–Trinajstić information content (AvgIpc) is 2.68. The zero-order chi connectivity index (χ0) is 20.0. The standard InChI is InChI=1S/C20H16F3N3O2/c21-20(22,23)13-28-16-8-6-14(7-9-16)12-18(27)25-17-10-11-24-19(26-17)15-4-2-1-3-5-15/h1-11H,12-13H2,(H,24,25,26,27). The van der Waals surface area contributed by atoms with Crippen LogP contribution in [0.4, 0.5) is 19.0 Å². The van der Waals surface area contributed by atoms with Crippen LogP contribution >= 0.6 is 0 Å². The van der Waals surface area contributed by atoms with Gasteiger partial charge >= 0.3 is 6.18 Å². The number of amides is 1. The maximum absolute atomic E-state index is 12.2. The van der Waals surface area contributed by atoms with E-state index in [1.165, 1.54) is 12.1 Å². The van der Waals surface area contributed by atoms with Gasteiger partial charge in [0.2, 0.25) is 5.91 Å². The number of aromatic nitrogens is 2. The predicted molar refractivity (Wildman–Crippen MR) is 97.8 cm³/mol. The molecule has 0 unspecified atom stereocenters. The number of halogens is 3. The first kappa shape index (κ1) is 19.3. The Morgan fingerprint density at radius 3 is 2.39 bits per heavy atom. The lowest BCUT2D eigenvalue weighted by Gasteiger charge is -2.10. The Kier molecular flexibility index (Phi) is 5.88. The molecule has 144 valence electrons. The van der Waals surface area contributed by atoms with Crippen LogP contribution in [0.5, 0.6) is 5.75 Å². The summed E-state index contributed by atoms with van der Waals surface area (Å²) in [7, 11) is 0. The summed E-state index contributed by atoms with van der Waals surface area (Å²) in [4.78, 5) is 20.7. The van der Waals surface area contributed by atoms with Crippen molar-refractivity contribution in [2.75, 3.05) is 11.9 Å². The molecule has 3 rings (SSSR count). The highest BCUT2D eigenvalue weighted by Gasteiger charge is 2.28. The first-order valence-corrected chi connectivity index (χ1v) is 8.36. The highest BCUT2D eigenvalue weighted by atomic mass is 19.4. The molecule has 0 atom stereocenters. The Balaban J connectivity index is 1.58. The molecule has 1 aromatic heterocycles. The van der Waals surface area contributed by atoms with E-state index < -0.39 is 12.8 Å². The van der Waals surface area contributed by atoms with Gasteiger partial charge < -0.3 is 10.1 Å². The van der Waals surface area contributed by atoms with E-state index in [2.05, 4.69) is 20.0 Å². The molecule has 0 saturated heterocycles. The maximum Gasteiger partial charge on any atom is 0.422 e. The maximum atomic E-state index is 12.2. The highest BCUT2D eigenvalue weighted by molar-refractivity contribution is 5.91. The normalized spacial score (nSPS) is 11.1. The van der Waals surface area contributed by atoms with Gasteiger partial charge in [-0.2, -0.15) is 13.2 Å². The van der Waals surface area contributed by atoms with Crippen molar-refractivity contribution >= 4 is 11.7 Å². The molecule has 1 heterocycles. The second-order valence-electron chi connectivity index (χ2n) is 5.90. The van der Waals surface area contributed by atoms with Crippen LogP contribution in [0.15, 0.2) is 66.9 Å². The predicted octanol–water partition coefficient (Wildman–Crippen LogP) is 4.27. The second-order valence-corrected chi connectivity index (χ2v) is 5.90. The van der Waals surface area contributed by atoms with Crippen LogP contribution in [-0.4, -0.2) is 28.7 Å². The third kappa shape index (κ3) is 5.80. The lowest BCUT2D eigenvalue weighted by Crippen LogP contribution is -2.19. The molecule has 0 spiro atoms. The molecule has 0 aliphatic carbocycles. The van der Waals surface area contributed by atoms with Crippen LogP contribution in [0.1, 0.15) is 5.56 Å². The van der Waals surface area contributed by atoms with Gasteiger partial charge in [-0.05, 0) is 23.8 Å². The Bertz CT molecular complexity index is 929. The molecule has 5 nitrogen and oxygen atoms in total. The monoisotopic (exact) mass is 387 g/mol. The zero-order valence-corrected chi connectivity index (χ0v) is 14.6. The van der Waals surface area contributed by atoms with E-state index in [1.807, 2.05) is 30.3 Å². The van der Waals surface area contributed by atoms with Gasteiger partial charge in [0.05, 0.1) is 6.42 Å². The van der Waals surface area contributed by atoms with Crippen LogP contribution < -0.4 is 10.1 Å². The molecular formula is C20H16F3N3O2. The highest BCUT2D eigenvalue weighted by Crippen LogP contribution is 2.19. The van der Waals surface area contributed by atoms with Gasteiger partial charge in [-0.3, -0.25) is 4.79 Å². The first-order valence-electron chi connectivity index (χ1n) is 8.36. The molecule has 28 heavy (non-hydrogen) atoms. The summed E-state index contributed by atoms with van der Waals surface area (Å²) in [6.45, 7) is -1.36. The quantitative estimate of drug-likeness (QED) is 0.686. The summed E-state index contributed by atoms with van der Waals surface area (Å²) in [5, 5.41) is 2.69. The van der Waals surface area contributed by atoms with Crippen molar-refractivity contribution in [2.45, 2.75) is 12.6 Å². The number of anilines is 1. The van der Waals surface area contributed by atoms with Crippen molar-refractivity contribution in [1.82, 2.24) is 9.97 Å².